The number of hydrogen-bond donors (Lipinski definition) is 1. The molecule has 2 atom stereocenters. The predicted octanol–water partition coefficient (Wildman–Crippen LogP) is 3.21. The summed E-state index contributed by atoms with van der Waals surface area (Å²) in [4.78, 5) is 11.3. The minimum Gasteiger partial charge on any atom is -0.493 e. The first-order chi connectivity index (χ1) is 13.9. The number of benzene rings is 1. The molecule has 2 aliphatic rings. The lowest BCUT2D eigenvalue weighted by Gasteiger charge is -2.43. The molecule has 1 aromatic carbocycles. The molecule has 0 aromatic heterocycles. The van der Waals surface area contributed by atoms with Gasteiger partial charge >= 0.3 is 5.97 Å². The Hall–Kier alpha value is -3.76. The van der Waals surface area contributed by atoms with Gasteiger partial charge in [-0.15, -0.1) is 0 Å². The summed E-state index contributed by atoms with van der Waals surface area (Å²) in [6.45, 7) is 1.29. The zero-order chi connectivity index (χ0) is 21.2. The smallest absolute Gasteiger partial charge is 0.308 e. The van der Waals surface area contributed by atoms with Crippen LogP contribution in [0.4, 0.5) is 0 Å². The number of nitriles is 3. The summed E-state index contributed by atoms with van der Waals surface area (Å²) in [6, 6.07) is 11.3. The molecule has 29 heavy (non-hydrogen) atoms. The summed E-state index contributed by atoms with van der Waals surface area (Å²) in [5, 5.41) is 29.7. The van der Waals surface area contributed by atoms with Gasteiger partial charge in [0, 0.05) is 12.8 Å². The van der Waals surface area contributed by atoms with Gasteiger partial charge in [0.15, 0.2) is 16.9 Å². The maximum absolute atomic E-state index is 11.3. The molecule has 0 fully saturated rings. The van der Waals surface area contributed by atoms with Gasteiger partial charge in [-0.2, -0.15) is 15.8 Å². The monoisotopic (exact) mass is 388 g/mol. The summed E-state index contributed by atoms with van der Waals surface area (Å²) in [5.41, 5.74) is 6.26. The summed E-state index contributed by atoms with van der Waals surface area (Å²) in [7, 11) is 1.45. The van der Waals surface area contributed by atoms with E-state index in [9.17, 15) is 20.6 Å². The molecule has 2 aliphatic carbocycles. The molecule has 0 saturated carbocycles. The highest BCUT2D eigenvalue weighted by molar-refractivity contribution is 5.70. The van der Waals surface area contributed by atoms with Crippen molar-refractivity contribution >= 4 is 5.97 Å². The Morgan fingerprint density at radius 1 is 1.24 bits per heavy atom. The molecule has 0 radical (unpaired) electrons. The van der Waals surface area contributed by atoms with Gasteiger partial charge in [0.2, 0.25) is 0 Å². The number of methoxy groups -OCH3 is 1. The van der Waals surface area contributed by atoms with Crippen molar-refractivity contribution in [2.75, 3.05) is 7.11 Å². The zero-order valence-electron chi connectivity index (χ0n) is 16.2. The highest BCUT2D eigenvalue weighted by atomic mass is 16.6. The van der Waals surface area contributed by atoms with Crippen molar-refractivity contribution in [3.63, 3.8) is 0 Å². The number of hydrogen-bond acceptors (Lipinski definition) is 7. The van der Waals surface area contributed by atoms with Gasteiger partial charge in [0.25, 0.3) is 0 Å². The molecule has 0 unspecified atom stereocenters. The van der Waals surface area contributed by atoms with Gasteiger partial charge in [-0.25, -0.2) is 0 Å². The molecule has 1 aromatic rings. The summed E-state index contributed by atoms with van der Waals surface area (Å²) in [6.07, 6.45) is 4.42. The third-order valence-electron chi connectivity index (χ3n) is 5.60. The minimum atomic E-state index is -1.68. The van der Waals surface area contributed by atoms with E-state index in [0.29, 0.717) is 11.3 Å². The third kappa shape index (κ3) is 3.10. The molecule has 7 nitrogen and oxygen atoms in total. The first-order valence-corrected chi connectivity index (χ1v) is 9.23. The molecule has 2 N–H and O–H groups in total. The van der Waals surface area contributed by atoms with Crippen molar-refractivity contribution in [2.45, 2.75) is 32.1 Å². The summed E-state index contributed by atoms with van der Waals surface area (Å²) < 4.78 is 10.5. The van der Waals surface area contributed by atoms with Crippen molar-refractivity contribution in [1.82, 2.24) is 0 Å². The van der Waals surface area contributed by atoms with E-state index in [1.807, 2.05) is 6.08 Å². The number of carbonyl (C=O) groups is 1. The Kier molecular flexibility index (Phi) is 5.31. The molecule has 146 valence electrons. The van der Waals surface area contributed by atoms with Crippen molar-refractivity contribution in [1.29, 1.82) is 15.8 Å². The molecule has 0 spiro atoms. The van der Waals surface area contributed by atoms with Gasteiger partial charge in [-0.05, 0) is 48.4 Å². The Labute approximate surface area is 169 Å². The fourth-order valence-electron chi connectivity index (χ4n) is 4.37. The largest absolute Gasteiger partial charge is 0.493 e. The minimum absolute atomic E-state index is 0.0116. The van der Waals surface area contributed by atoms with Crippen LogP contribution in [0.3, 0.4) is 0 Å². The second kappa shape index (κ2) is 7.70. The standard InChI is InChI=1S/C22H20N4O3/c1-13(27)29-18-8-7-14(9-19(18)28-2)20-16-6-4-3-5-15(16)17(10-23)21(26)22(20,11-24)12-25/h5,7-9,16,20H,3-4,6,26H2,1-2H3/t16-,20+/m1/s1. The lowest BCUT2D eigenvalue weighted by molar-refractivity contribution is -0.132. The first-order valence-electron chi connectivity index (χ1n) is 9.23. The van der Waals surface area contributed by atoms with Gasteiger partial charge in [-0.1, -0.05) is 12.1 Å². The van der Waals surface area contributed by atoms with Crippen LogP contribution in [-0.4, -0.2) is 13.1 Å². The van der Waals surface area contributed by atoms with Crippen LogP contribution in [0.2, 0.25) is 0 Å². The zero-order valence-corrected chi connectivity index (χ0v) is 16.2. The number of rotatable bonds is 3. The molecule has 0 aliphatic heterocycles. The van der Waals surface area contributed by atoms with E-state index in [2.05, 4.69) is 18.2 Å². The van der Waals surface area contributed by atoms with Crippen molar-refractivity contribution < 1.29 is 14.3 Å². The lowest BCUT2D eigenvalue weighted by atomic mass is 9.57. The van der Waals surface area contributed by atoms with E-state index in [-0.39, 0.29) is 22.9 Å². The quantitative estimate of drug-likeness (QED) is 0.621. The normalized spacial score (nSPS) is 22.2. The maximum Gasteiger partial charge on any atom is 0.308 e. The second-order valence-corrected chi connectivity index (χ2v) is 7.11. The van der Waals surface area contributed by atoms with Crippen LogP contribution in [0.5, 0.6) is 11.5 Å². The van der Waals surface area contributed by atoms with Crippen LogP contribution in [-0.2, 0) is 4.79 Å². The highest BCUT2D eigenvalue weighted by Crippen LogP contribution is 2.56. The van der Waals surface area contributed by atoms with Crippen molar-refractivity contribution in [3.05, 3.63) is 46.7 Å². The second-order valence-electron chi connectivity index (χ2n) is 7.11. The Bertz CT molecular complexity index is 1040. The molecule has 0 bridgehead atoms. The number of ether oxygens (including phenoxy) is 2. The van der Waals surface area contributed by atoms with E-state index in [1.54, 1.807) is 18.2 Å². The van der Waals surface area contributed by atoms with Crippen LogP contribution in [0.15, 0.2) is 41.1 Å². The SMILES string of the molecule is COc1cc([C@H]2[C@@H]3CCCC=C3C(C#N)=C(N)C2(C#N)C#N)ccc1OC(C)=O. The number of carbonyl (C=O) groups excluding carboxylic acids is 1. The Morgan fingerprint density at radius 2 is 1.97 bits per heavy atom. The van der Waals surface area contributed by atoms with Gasteiger partial charge in [0.05, 0.1) is 30.5 Å². The highest BCUT2D eigenvalue weighted by Gasteiger charge is 2.53. The molecule has 0 amide bonds. The van der Waals surface area contributed by atoms with Crippen LogP contribution >= 0.6 is 0 Å². The lowest BCUT2D eigenvalue weighted by Crippen LogP contribution is -2.42. The molecular weight excluding hydrogens is 368 g/mol. The molecule has 7 heteroatoms. The number of fused-ring (bicyclic) bond motifs is 1. The van der Waals surface area contributed by atoms with E-state index in [1.165, 1.54) is 14.0 Å². The van der Waals surface area contributed by atoms with Crippen LogP contribution in [0.25, 0.3) is 0 Å². The molecule has 3 rings (SSSR count). The average molecular weight is 388 g/mol. The van der Waals surface area contributed by atoms with Gasteiger partial charge in [-0.3, -0.25) is 4.79 Å². The molecule has 0 saturated heterocycles. The topological polar surface area (TPSA) is 133 Å². The molecule has 0 heterocycles. The van der Waals surface area contributed by atoms with Crippen LogP contribution in [0, 0.1) is 45.3 Å². The van der Waals surface area contributed by atoms with E-state index in [4.69, 9.17) is 15.2 Å². The van der Waals surface area contributed by atoms with Crippen LogP contribution in [0.1, 0.15) is 37.7 Å². The summed E-state index contributed by atoms with van der Waals surface area (Å²) >= 11 is 0. The number of allylic oxidation sites excluding steroid dienone is 4. The number of nitrogens with zero attached hydrogens (tertiary/aromatic N) is 3. The third-order valence-corrected chi connectivity index (χ3v) is 5.60. The fraction of sp³-hybridized carbons (Fsp3) is 0.364. The predicted molar refractivity (Wildman–Crippen MR) is 103 cm³/mol. The number of esters is 1. The van der Waals surface area contributed by atoms with E-state index < -0.39 is 17.3 Å². The maximum atomic E-state index is 11.3. The average Bonchev–Trinajstić information content (AvgIpc) is 2.73. The van der Waals surface area contributed by atoms with Crippen molar-refractivity contribution in [3.8, 4) is 29.7 Å². The van der Waals surface area contributed by atoms with Crippen LogP contribution < -0.4 is 15.2 Å². The molecular formula is C22H20N4O3. The Balaban J connectivity index is 2.26. The first kappa shape index (κ1) is 20.0. The van der Waals surface area contributed by atoms with Gasteiger partial charge in [0.1, 0.15) is 6.07 Å². The Morgan fingerprint density at radius 3 is 2.55 bits per heavy atom. The van der Waals surface area contributed by atoms with E-state index >= 15 is 0 Å². The van der Waals surface area contributed by atoms with Crippen molar-refractivity contribution in [2.24, 2.45) is 17.1 Å². The summed E-state index contributed by atoms with van der Waals surface area (Å²) in [5.74, 6) is -0.701. The van der Waals surface area contributed by atoms with E-state index in [0.717, 1.165) is 24.8 Å². The van der Waals surface area contributed by atoms with Gasteiger partial charge < -0.3 is 15.2 Å². The fourth-order valence-corrected chi connectivity index (χ4v) is 4.37. The number of nitrogens with two attached hydrogens (primary N) is 1.